The molecule has 29 heavy (non-hydrogen) atoms. The Morgan fingerprint density at radius 2 is 1.55 bits per heavy atom. The van der Waals surface area contributed by atoms with Crippen LogP contribution in [0.4, 0.5) is 0 Å². The summed E-state index contributed by atoms with van der Waals surface area (Å²) in [5.41, 5.74) is 0. The lowest BCUT2D eigenvalue weighted by atomic mass is 9.55. The van der Waals surface area contributed by atoms with Crippen LogP contribution in [0.25, 0.3) is 0 Å². The van der Waals surface area contributed by atoms with Crippen molar-refractivity contribution in [2.45, 2.75) is 97.0 Å². The first-order valence-electron chi connectivity index (χ1n) is 12.8. The minimum absolute atomic E-state index is 0.0493. The first-order chi connectivity index (χ1) is 14.1. The van der Waals surface area contributed by atoms with Gasteiger partial charge >= 0.3 is 5.97 Å². The number of esters is 1. The minimum atomic E-state index is 0.0493. The van der Waals surface area contributed by atoms with Gasteiger partial charge in [-0.05, 0) is 98.7 Å². The average molecular weight is 403 g/mol. The van der Waals surface area contributed by atoms with Crippen molar-refractivity contribution in [3.8, 4) is 0 Å². The average Bonchev–Trinajstić information content (AvgIpc) is 3.27. The maximum absolute atomic E-state index is 12.8. The lowest BCUT2D eigenvalue weighted by molar-refractivity contribution is -0.191. The van der Waals surface area contributed by atoms with Crippen LogP contribution in [-0.2, 0) is 14.3 Å². The first kappa shape index (κ1) is 20.3. The smallest absolute Gasteiger partial charge is 0.311 e. The number of unbranched alkanes of at least 4 members (excludes halogenated alkanes) is 1. The van der Waals surface area contributed by atoms with Gasteiger partial charge in [0.1, 0.15) is 0 Å². The van der Waals surface area contributed by atoms with Gasteiger partial charge in [0.25, 0.3) is 0 Å². The molecule has 0 saturated heterocycles. The standard InChI is InChI=1S/C26H42O3/c1-16(2)5-3-4-6-20-8-19-13-23(20)24(14-19)26(27)29-15-28-25-21-9-17-7-18(11-21)12-22(25)10-17/h16-25H,3-15H2,1-2H3. The molecule has 6 bridgehead atoms. The Morgan fingerprint density at radius 3 is 2.21 bits per heavy atom. The van der Waals surface area contributed by atoms with Crippen LogP contribution in [0.5, 0.6) is 0 Å². The summed E-state index contributed by atoms with van der Waals surface area (Å²) in [6, 6.07) is 0. The van der Waals surface area contributed by atoms with Crippen molar-refractivity contribution in [3.05, 3.63) is 0 Å². The van der Waals surface area contributed by atoms with Crippen molar-refractivity contribution in [1.29, 1.82) is 0 Å². The summed E-state index contributed by atoms with van der Waals surface area (Å²) in [4.78, 5) is 12.8. The molecule has 0 aromatic heterocycles. The van der Waals surface area contributed by atoms with Crippen molar-refractivity contribution in [2.75, 3.05) is 6.79 Å². The predicted octanol–water partition coefficient (Wildman–Crippen LogP) is 6.21. The second kappa shape index (κ2) is 8.52. The summed E-state index contributed by atoms with van der Waals surface area (Å²) in [7, 11) is 0. The molecule has 3 heteroatoms. The van der Waals surface area contributed by atoms with E-state index in [1.165, 1.54) is 70.6 Å². The summed E-state index contributed by atoms with van der Waals surface area (Å²) in [5.74, 6) is 6.56. The molecule has 0 aliphatic heterocycles. The normalized spacial score (nSPS) is 44.7. The molecule has 0 N–H and O–H groups in total. The number of rotatable bonds is 9. The number of hydrogen-bond donors (Lipinski definition) is 0. The number of carbonyl (C=O) groups is 1. The molecule has 4 unspecified atom stereocenters. The Bertz CT molecular complexity index is 557. The van der Waals surface area contributed by atoms with Gasteiger partial charge in [-0.1, -0.05) is 39.5 Å². The molecule has 6 saturated carbocycles. The van der Waals surface area contributed by atoms with Crippen LogP contribution in [0, 0.1) is 53.3 Å². The summed E-state index contributed by atoms with van der Waals surface area (Å²) < 4.78 is 11.9. The van der Waals surface area contributed by atoms with Gasteiger partial charge in [0, 0.05) is 0 Å². The SMILES string of the molecule is CC(C)CCCCC1CC2CC(C(=O)OCOC3C4CC5CC(C4)CC3C5)C1C2. The molecule has 4 atom stereocenters. The maximum Gasteiger partial charge on any atom is 0.311 e. The maximum atomic E-state index is 12.8. The molecule has 164 valence electrons. The van der Waals surface area contributed by atoms with Gasteiger partial charge in [-0.2, -0.15) is 0 Å². The quantitative estimate of drug-likeness (QED) is 0.261. The van der Waals surface area contributed by atoms with E-state index in [2.05, 4.69) is 13.8 Å². The molecular weight excluding hydrogens is 360 g/mol. The van der Waals surface area contributed by atoms with Crippen LogP contribution in [0.3, 0.4) is 0 Å². The van der Waals surface area contributed by atoms with Gasteiger partial charge in [-0.15, -0.1) is 0 Å². The van der Waals surface area contributed by atoms with Crippen molar-refractivity contribution >= 4 is 5.97 Å². The molecule has 0 spiro atoms. The predicted molar refractivity (Wildman–Crippen MR) is 114 cm³/mol. The van der Waals surface area contributed by atoms with Gasteiger partial charge in [-0.25, -0.2) is 0 Å². The molecule has 0 aromatic rings. The second-order valence-corrected chi connectivity index (χ2v) is 11.9. The number of hydrogen-bond acceptors (Lipinski definition) is 3. The molecular formula is C26H42O3. The molecule has 3 nitrogen and oxygen atoms in total. The lowest BCUT2D eigenvalue weighted by Crippen LogP contribution is -2.49. The fourth-order valence-corrected chi connectivity index (χ4v) is 8.48. The molecule has 0 heterocycles. The lowest BCUT2D eigenvalue weighted by Gasteiger charge is -2.53. The third-order valence-corrected chi connectivity index (χ3v) is 9.46. The Kier molecular flexibility index (Phi) is 5.97. The van der Waals surface area contributed by atoms with Crippen molar-refractivity contribution in [2.24, 2.45) is 53.3 Å². The Labute approximate surface area is 177 Å². The second-order valence-electron chi connectivity index (χ2n) is 11.9. The zero-order valence-electron chi connectivity index (χ0n) is 18.7. The van der Waals surface area contributed by atoms with E-state index >= 15 is 0 Å². The van der Waals surface area contributed by atoms with Crippen LogP contribution in [0.2, 0.25) is 0 Å². The molecule has 0 amide bonds. The zero-order chi connectivity index (χ0) is 20.0. The van der Waals surface area contributed by atoms with Crippen molar-refractivity contribution < 1.29 is 14.3 Å². The summed E-state index contributed by atoms with van der Waals surface area (Å²) in [6.07, 6.45) is 16.3. The molecule has 6 aliphatic rings. The Morgan fingerprint density at radius 1 is 0.862 bits per heavy atom. The number of fused-ring (bicyclic) bond motifs is 2. The van der Waals surface area contributed by atoms with E-state index in [1.54, 1.807) is 0 Å². The molecule has 0 radical (unpaired) electrons. The molecule has 6 fully saturated rings. The minimum Gasteiger partial charge on any atom is -0.438 e. The molecule has 6 rings (SSSR count). The third kappa shape index (κ3) is 4.27. The zero-order valence-corrected chi connectivity index (χ0v) is 18.7. The Hall–Kier alpha value is -0.570. The monoisotopic (exact) mass is 402 g/mol. The van der Waals surface area contributed by atoms with Gasteiger partial charge in [0.05, 0.1) is 12.0 Å². The van der Waals surface area contributed by atoms with Gasteiger partial charge in [0.15, 0.2) is 6.79 Å². The molecule has 0 aromatic carbocycles. The highest BCUT2D eigenvalue weighted by atomic mass is 16.7. The molecule has 6 aliphatic carbocycles. The topological polar surface area (TPSA) is 35.5 Å². The largest absolute Gasteiger partial charge is 0.438 e. The fraction of sp³-hybridized carbons (Fsp3) is 0.962. The van der Waals surface area contributed by atoms with Crippen LogP contribution in [0.1, 0.15) is 90.9 Å². The van der Waals surface area contributed by atoms with E-state index in [0.717, 1.165) is 47.8 Å². The highest BCUT2D eigenvalue weighted by Crippen LogP contribution is 2.55. The number of ether oxygens (including phenoxy) is 2. The summed E-state index contributed by atoms with van der Waals surface area (Å²) in [5, 5.41) is 0. The van der Waals surface area contributed by atoms with E-state index < -0.39 is 0 Å². The third-order valence-electron chi connectivity index (χ3n) is 9.46. The van der Waals surface area contributed by atoms with Crippen molar-refractivity contribution in [1.82, 2.24) is 0 Å². The Balaban J connectivity index is 1.06. The van der Waals surface area contributed by atoms with E-state index in [4.69, 9.17) is 9.47 Å². The highest BCUT2D eigenvalue weighted by molar-refractivity contribution is 5.73. The van der Waals surface area contributed by atoms with Gasteiger partial charge in [-0.3, -0.25) is 4.79 Å². The van der Waals surface area contributed by atoms with Crippen molar-refractivity contribution in [3.63, 3.8) is 0 Å². The summed E-state index contributed by atoms with van der Waals surface area (Å²) in [6.45, 7) is 4.84. The number of carbonyl (C=O) groups excluding carboxylic acids is 1. The van der Waals surface area contributed by atoms with E-state index in [1.807, 2.05) is 0 Å². The highest BCUT2D eigenvalue weighted by Gasteiger charge is 2.50. The fourth-order valence-electron chi connectivity index (χ4n) is 8.48. The van der Waals surface area contributed by atoms with Crippen LogP contribution in [-0.4, -0.2) is 18.9 Å². The van der Waals surface area contributed by atoms with E-state index in [9.17, 15) is 4.79 Å². The first-order valence-corrected chi connectivity index (χ1v) is 12.8. The van der Waals surface area contributed by atoms with Gasteiger partial charge < -0.3 is 9.47 Å². The van der Waals surface area contributed by atoms with E-state index in [-0.39, 0.29) is 18.7 Å². The van der Waals surface area contributed by atoms with Crippen LogP contribution < -0.4 is 0 Å². The summed E-state index contributed by atoms with van der Waals surface area (Å²) >= 11 is 0. The van der Waals surface area contributed by atoms with Crippen LogP contribution in [0.15, 0.2) is 0 Å². The van der Waals surface area contributed by atoms with Gasteiger partial charge in [0.2, 0.25) is 0 Å². The van der Waals surface area contributed by atoms with Crippen LogP contribution >= 0.6 is 0 Å². The van der Waals surface area contributed by atoms with E-state index in [0.29, 0.717) is 12.0 Å².